The molecule has 152 valence electrons. The highest BCUT2D eigenvalue weighted by atomic mass is 16.6. The fourth-order valence-electron chi connectivity index (χ4n) is 3.17. The molecule has 2 rings (SSSR count). The molecule has 1 aromatic carbocycles. The van der Waals surface area contributed by atoms with Crippen LogP contribution in [-0.4, -0.2) is 30.3 Å². The van der Waals surface area contributed by atoms with E-state index in [2.05, 4.69) is 11.4 Å². The monoisotopic (exact) mass is 386 g/mol. The molecule has 1 aliphatic rings. The standard InChI is InChI=1S/C21H30N4O3/c1-14-6-5-7-16(12-14)17-9-10-21(24,15(2)13-17)25-19(26)18(28-20(23)27)8-3-4-11-22/h5-7,9-10,12-13,15,18H,3-4,8,11,22,24H2,1-2H3,(H2,23,27)(H,25,26). The number of unbranched alkanes of at least 4 members (excludes halogenated alkanes) is 1. The van der Waals surface area contributed by atoms with Crippen molar-refractivity contribution in [3.05, 3.63) is 53.6 Å². The highest BCUT2D eigenvalue weighted by Crippen LogP contribution is 2.29. The van der Waals surface area contributed by atoms with Crippen molar-refractivity contribution < 1.29 is 14.3 Å². The molecular weight excluding hydrogens is 356 g/mol. The number of hydrogen-bond acceptors (Lipinski definition) is 5. The van der Waals surface area contributed by atoms with Crippen LogP contribution < -0.4 is 22.5 Å². The summed E-state index contributed by atoms with van der Waals surface area (Å²) in [4.78, 5) is 23.8. The topological polar surface area (TPSA) is 133 Å². The molecule has 7 heteroatoms. The van der Waals surface area contributed by atoms with Gasteiger partial charge in [0.05, 0.1) is 0 Å². The van der Waals surface area contributed by atoms with Crippen LogP contribution in [0.4, 0.5) is 4.79 Å². The van der Waals surface area contributed by atoms with Gasteiger partial charge < -0.3 is 27.3 Å². The lowest BCUT2D eigenvalue weighted by Crippen LogP contribution is -2.61. The summed E-state index contributed by atoms with van der Waals surface area (Å²) in [7, 11) is 0. The third-order valence-electron chi connectivity index (χ3n) is 4.88. The molecule has 7 nitrogen and oxygen atoms in total. The van der Waals surface area contributed by atoms with Gasteiger partial charge in [-0.1, -0.05) is 48.9 Å². The molecule has 3 unspecified atom stereocenters. The molecule has 0 heterocycles. The Morgan fingerprint density at radius 1 is 1.32 bits per heavy atom. The van der Waals surface area contributed by atoms with Crippen molar-refractivity contribution in [2.24, 2.45) is 23.1 Å². The van der Waals surface area contributed by atoms with E-state index in [1.807, 2.05) is 44.2 Å². The van der Waals surface area contributed by atoms with Gasteiger partial charge in [0.25, 0.3) is 5.91 Å². The molecule has 7 N–H and O–H groups in total. The van der Waals surface area contributed by atoms with Crippen molar-refractivity contribution in [3.63, 3.8) is 0 Å². The van der Waals surface area contributed by atoms with Crippen LogP contribution in [0.25, 0.3) is 5.57 Å². The van der Waals surface area contributed by atoms with Gasteiger partial charge in [-0.05, 0) is 49.9 Å². The third kappa shape index (κ3) is 5.68. The molecule has 2 amide bonds. The van der Waals surface area contributed by atoms with Crippen molar-refractivity contribution in [3.8, 4) is 0 Å². The van der Waals surface area contributed by atoms with Gasteiger partial charge in [0, 0.05) is 5.92 Å². The molecule has 0 saturated carbocycles. The molecular formula is C21H30N4O3. The lowest BCUT2D eigenvalue weighted by atomic mass is 9.85. The van der Waals surface area contributed by atoms with E-state index >= 15 is 0 Å². The second kappa shape index (κ2) is 9.52. The minimum absolute atomic E-state index is 0.171. The van der Waals surface area contributed by atoms with Crippen LogP contribution in [-0.2, 0) is 9.53 Å². The Morgan fingerprint density at radius 2 is 2.07 bits per heavy atom. The van der Waals surface area contributed by atoms with Crippen molar-refractivity contribution in [1.29, 1.82) is 0 Å². The lowest BCUT2D eigenvalue weighted by molar-refractivity contribution is -0.131. The molecule has 28 heavy (non-hydrogen) atoms. The third-order valence-corrected chi connectivity index (χ3v) is 4.88. The average Bonchev–Trinajstić information content (AvgIpc) is 2.63. The SMILES string of the molecule is Cc1cccc(C2=CC(C)C(N)(NC(=O)C(CCCCN)OC(N)=O)C=C2)c1. The van der Waals surface area contributed by atoms with E-state index in [0.29, 0.717) is 19.4 Å². The lowest BCUT2D eigenvalue weighted by Gasteiger charge is -2.36. The number of nitrogens with one attached hydrogen (secondary N) is 1. The van der Waals surface area contributed by atoms with Gasteiger partial charge >= 0.3 is 6.09 Å². The molecule has 0 radical (unpaired) electrons. The maximum Gasteiger partial charge on any atom is 0.405 e. The number of carbonyl (C=O) groups excluding carboxylic acids is 2. The van der Waals surface area contributed by atoms with Gasteiger partial charge in [-0.25, -0.2) is 4.79 Å². The van der Waals surface area contributed by atoms with E-state index in [9.17, 15) is 9.59 Å². The van der Waals surface area contributed by atoms with E-state index < -0.39 is 23.8 Å². The molecule has 0 saturated heterocycles. The number of allylic oxidation sites excluding steroid dienone is 2. The van der Waals surface area contributed by atoms with E-state index in [-0.39, 0.29) is 5.92 Å². The van der Waals surface area contributed by atoms with Crippen LogP contribution in [0.5, 0.6) is 0 Å². The number of primary amides is 1. The van der Waals surface area contributed by atoms with Crippen LogP contribution in [0.3, 0.4) is 0 Å². The van der Waals surface area contributed by atoms with Crippen molar-refractivity contribution in [1.82, 2.24) is 5.32 Å². The highest BCUT2D eigenvalue weighted by molar-refractivity contribution is 5.85. The summed E-state index contributed by atoms with van der Waals surface area (Å²) in [5.41, 5.74) is 19.2. The summed E-state index contributed by atoms with van der Waals surface area (Å²) in [5.74, 6) is -0.641. The number of nitrogens with two attached hydrogens (primary N) is 3. The molecule has 0 bridgehead atoms. The smallest absolute Gasteiger partial charge is 0.405 e. The van der Waals surface area contributed by atoms with Crippen molar-refractivity contribution in [2.45, 2.75) is 44.9 Å². The summed E-state index contributed by atoms with van der Waals surface area (Å²) in [5, 5.41) is 2.80. The maximum atomic E-state index is 12.7. The Labute approximate surface area is 166 Å². The number of benzene rings is 1. The second-order valence-electron chi connectivity index (χ2n) is 7.25. The zero-order valence-electron chi connectivity index (χ0n) is 16.5. The van der Waals surface area contributed by atoms with E-state index in [0.717, 1.165) is 17.6 Å². The Bertz CT molecular complexity index is 775. The van der Waals surface area contributed by atoms with Crippen molar-refractivity contribution in [2.75, 3.05) is 6.54 Å². The molecule has 1 aromatic rings. The molecule has 1 aliphatic carbocycles. The second-order valence-corrected chi connectivity index (χ2v) is 7.25. The van der Waals surface area contributed by atoms with Crippen LogP contribution in [0, 0.1) is 12.8 Å². The van der Waals surface area contributed by atoms with Crippen LogP contribution in [0.1, 0.15) is 37.3 Å². The number of ether oxygens (including phenoxy) is 1. The Hall–Kier alpha value is -2.64. The number of carbonyl (C=O) groups is 2. The minimum Gasteiger partial charge on any atom is -0.436 e. The normalized spacial score (nSPS) is 22.3. The number of aryl methyl sites for hydroxylation is 1. The summed E-state index contributed by atoms with van der Waals surface area (Å²) in [6, 6.07) is 8.17. The van der Waals surface area contributed by atoms with Gasteiger partial charge in [-0.3, -0.25) is 4.79 Å². The Morgan fingerprint density at radius 3 is 2.68 bits per heavy atom. The van der Waals surface area contributed by atoms with Crippen LogP contribution >= 0.6 is 0 Å². The average molecular weight is 386 g/mol. The van der Waals surface area contributed by atoms with Crippen LogP contribution in [0.15, 0.2) is 42.5 Å². The van der Waals surface area contributed by atoms with Crippen molar-refractivity contribution >= 4 is 17.6 Å². The molecule has 0 aliphatic heterocycles. The maximum absolute atomic E-state index is 12.7. The molecule has 0 spiro atoms. The molecule has 0 fully saturated rings. The highest BCUT2D eigenvalue weighted by Gasteiger charge is 2.35. The summed E-state index contributed by atoms with van der Waals surface area (Å²) in [6.45, 7) is 4.47. The van der Waals surface area contributed by atoms with Gasteiger partial charge in [0.15, 0.2) is 6.10 Å². The van der Waals surface area contributed by atoms with Crippen LogP contribution in [0.2, 0.25) is 0 Å². The van der Waals surface area contributed by atoms with Gasteiger partial charge in [-0.2, -0.15) is 0 Å². The Kier molecular flexibility index (Phi) is 7.37. The largest absolute Gasteiger partial charge is 0.436 e. The first-order valence-electron chi connectivity index (χ1n) is 9.50. The molecule has 3 atom stereocenters. The summed E-state index contributed by atoms with van der Waals surface area (Å²) in [6.07, 6.45) is 5.40. The van der Waals surface area contributed by atoms with E-state index in [1.54, 1.807) is 6.08 Å². The fraction of sp³-hybridized carbons (Fsp3) is 0.429. The first-order valence-corrected chi connectivity index (χ1v) is 9.50. The fourth-order valence-corrected chi connectivity index (χ4v) is 3.17. The molecule has 0 aromatic heterocycles. The number of hydrogen-bond donors (Lipinski definition) is 4. The zero-order valence-corrected chi connectivity index (χ0v) is 16.5. The number of rotatable bonds is 8. The summed E-state index contributed by atoms with van der Waals surface area (Å²) < 4.78 is 4.98. The van der Waals surface area contributed by atoms with Gasteiger partial charge in [0.2, 0.25) is 0 Å². The first kappa shape index (κ1) is 21.7. The van der Waals surface area contributed by atoms with Gasteiger partial charge in [0.1, 0.15) is 5.66 Å². The predicted molar refractivity (Wildman–Crippen MR) is 110 cm³/mol. The van der Waals surface area contributed by atoms with Gasteiger partial charge in [-0.15, -0.1) is 0 Å². The zero-order chi connectivity index (χ0) is 20.7. The first-order chi connectivity index (χ1) is 13.2. The summed E-state index contributed by atoms with van der Waals surface area (Å²) >= 11 is 0. The Balaban J connectivity index is 2.10. The van der Waals surface area contributed by atoms with E-state index in [4.69, 9.17) is 21.9 Å². The predicted octanol–water partition coefficient (Wildman–Crippen LogP) is 1.95. The minimum atomic E-state index is -1.09. The van der Waals surface area contributed by atoms with E-state index in [1.165, 1.54) is 5.56 Å². The quantitative estimate of drug-likeness (QED) is 0.400. The number of amides is 2.